The zero-order chi connectivity index (χ0) is 24.4. The first-order valence-electron chi connectivity index (χ1n) is 11.2. The molecule has 0 amide bonds. The second-order valence-electron chi connectivity index (χ2n) is 8.19. The van der Waals surface area contributed by atoms with Gasteiger partial charge in [-0.25, -0.2) is 9.79 Å². The maximum Gasteiger partial charge on any atom is 0.344 e. The monoisotopic (exact) mass is 472 g/mol. The third-order valence-electron chi connectivity index (χ3n) is 5.93. The van der Waals surface area contributed by atoms with Crippen LogP contribution in [0.4, 0.5) is 5.69 Å². The Hall–Kier alpha value is -3.51. The van der Waals surface area contributed by atoms with Gasteiger partial charge in [0.25, 0.3) is 0 Å². The third kappa shape index (κ3) is 4.46. The number of carbonyl (C=O) groups excluding carboxylic acids is 1. The molecule has 5 nitrogen and oxygen atoms in total. The minimum atomic E-state index is -0.577. The maximum absolute atomic E-state index is 12.7. The summed E-state index contributed by atoms with van der Waals surface area (Å²) in [5, 5.41) is 11.4. The standard InChI is InChI=1S/C28H28N2O3S/c1-6-33-28(32)25-26(31)24(34-27(25)29-22-12-8-7-9-13-22)16-21-15-18(3)30(20(21)5)23-14-10-11-17(2)19(23)4/h7-16,31H,6H2,1-5H3/b24-16-,29-27?. The van der Waals surface area contributed by atoms with E-state index >= 15 is 0 Å². The van der Waals surface area contributed by atoms with E-state index < -0.39 is 5.97 Å². The van der Waals surface area contributed by atoms with Crippen molar-refractivity contribution < 1.29 is 14.6 Å². The van der Waals surface area contributed by atoms with Crippen molar-refractivity contribution in [1.29, 1.82) is 0 Å². The predicted molar refractivity (Wildman–Crippen MR) is 140 cm³/mol. The highest BCUT2D eigenvalue weighted by Crippen LogP contribution is 2.41. The van der Waals surface area contributed by atoms with Crippen LogP contribution in [0.15, 0.2) is 75.8 Å². The zero-order valence-corrected chi connectivity index (χ0v) is 20.9. The van der Waals surface area contributed by atoms with Crippen LogP contribution < -0.4 is 0 Å². The highest BCUT2D eigenvalue weighted by Gasteiger charge is 2.33. The molecule has 0 aliphatic carbocycles. The molecule has 1 aliphatic heterocycles. The fourth-order valence-corrected chi connectivity index (χ4v) is 5.06. The molecule has 0 unspecified atom stereocenters. The van der Waals surface area contributed by atoms with E-state index in [2.05, 4.69) is 61.5 Å². The molecule has 174 valence electrons. The number of thioether (sulfide) groups is 1. The van der Waals surface area contributed by atoms with Gasteiger partial charge in [-0.2, -0.15) is 0 Å². The lowest BCUT2D eigenvalue weighted by Crippen LogP contribution is -2.12. The van der Waals surface area contributed by atoms with Crippen LogP contribution in [0.1, 0.15) is 35.0 Å². The second kappa shape index (κ2) is 9.77. The molecule has 1 N–H and O–H groups in total. The van der Waals surface area contributed by atoms with Crippen LogP contribution >= 0.6 is 11.8 Å². The van der Waals surface area contributed by atoms with Gasteiger partial charge in [0.2, 0.25) is 0 Å². The van der Waals surface area contributed by atoms with Crippen molar-refractivity contribution >= 4 is 34.5 Å². The molecular formula is C28H28N2O3S. The van der Waals surface area contributed by atoms with E-state index in [0.29, 0.717) is 15.6 Å². The van der Waals surface area contributed by atoms with Crippen molar-refractivity contribution in [1.82, 2.24) is 4.57 Å². The molecule has 0 saturated carbocycles. The maximum atomic E-state index is 12.7. The summed E-state index contributed by atoms with van der Waals surface area (Å²) in [4.78, 5) is 17.9. The normalized spacial score (nSPS) is 16.0. The van der Waals surface area contributed by atoms with Crippen LogP contribution in [-0.2, 0) is 9.53 Å². The van der Waals surface area contributed by atoms with Gasteiger partial charge in [0.1, 0.15) is 16.4 Å². The van der Waals surface area contributed by atoms with Gasteiger partial charge in [-0.3, -0.25) is 0 Å². The van der Waals surface area contributed by atoms with E-state index in [9.17, 15) is 9.90 Å². The van der Waals surface area contributed by atoms with Crippen LogP contribution in [0.5, 0.6) is 0 Å². The van der Waals surface area contributed by atoms with E-state index in [1.54, 1.807) is 6.92 Å². The molecule has 0 spiro atoms. The number of aryl methyl sites for hydroxylation is 2. The SMILES string of the molecule is CCOC(=O)C1=C(O)/C(=C/c2cc(C)n(-c3cccc(C)c3C)c2C)SC1=Nc1ccccc1. The fourth-order valence-electron chi connectivity index (χ4n) is 4.04. The van der Waals surface area contributed by atoms with Gasteiger partial charge < -0.3 is 14.4 Å². The Kier molecular flexibility index (Phi) is 6.80. The molecule has 1 aromatic heterocycles. The smallest absolute Gasteiger partial charge is 0.344 e. The zero-order valence-electron chi connectivity index (χ0n) is 20.0. The number of nitrogens with zero attached hydrogens (tertiary/aromatic N) is 2. The summed E-state index contributed by atoms with van der Waals surface area (Å²) < 4.78 is 7.43. The van der Waals surface area contributed by atoms with E-state index in [-0.39, 0.29) is 17.9 Å². The summed E-state index contributed by atoms with van der Waals surface area (Å²) in [6.07, 6.45) is 1.91. The largest absolute Gasteiger partial charge is 0.506 e. The van der Waals surface area contributed by atoms with Gasteiger partial charge >= 0.3 is 5.97 Å². The molecule has 0 saturated heterocycles. The first-order chi connectivity index (χ1) is 16.3. The Balaban J connectivity index is 1.80. The van der Waals surface area contributed by atoms with Crippen LogP contribution in [0.3, 0.4) is 0 Å². The number of para-hydroxylation sites is 1. The van der Waals surface area contributed by atoms with Crippen LogP contribution in [0.25, 0.3) is 11.8 Å². The van der Waals surface area contributed by atoms with Crippen LogP contribution in [0.2, 0.25) is 0 Å². The van der Waals surface area contributed by atoms with Crippen LogP contribution in [0, 0.1) is 27.7 Å². The number of hydrogen-bond acceptors (Lipinski definition) is 5. The topological polar surface area (TPSA) is 63.8 Å². The predicted octanol–water partition coefficient (Wildman–Crippen LogP) is 6.90. The van der Waals surface area contributed by atoms with Gasteiger partial charge in [-0.15, -0.1) is 0 Å². The molecule has 0 radical (unpaired) electrons. The Morgan fingerprint density at radius 1 is 1.09 bits per heavy atom. The quantitative estimate of drug-likeness (QED) is 0.410. The molecule has 0 atom stereocenters. The lowest BCUT2D eigenvalue weighted by atomic mass is 10.1. The molecule has 6 heteroatoms. The summed E-state index contributed by atoms with van der Waals surface area (Å²) >= 11 is 1.27. The van der Waals surface area contributed by atoms with Crippen molar-refractivity contribution in [3.8, 4) is 5.69 Å². The molecule has 0 fully saturated rings. The highest BCUT2D eigenvalue weighted by molar-refractivity contribution is 8.18. The van der Waals surface area contributed by atoms with Crippen molar-refractivity contribution in [2.45, 2.75) is 34.6 Å². The van der Waals surface area contributed by atoms with E-state index in [4.69, 9.17) is 4.74 Å². The number of rotatable bonds is 5. The molecule has 34 heavy (non-hydrogen) atoms. The van der Waals surface area contributed by atoms with Gasteiger partial charge in [0.05, 0.1) is 17.2 Å². The Labute approximate surface area is 204 Å². The number of aromatic nitrogens is 1. The summed E-state index contributed by atoms with van der Waals surface area (Å²) in [7, 11) is 0. The molecule has 3 aromatic rings. The molecular weight excluding hydrogens is 444 g/mol. The van der Waals surface area contributed by atoms with E-state index in [1.165, 1.54) is 22.9 Å². The first kappa shape index (κ1) is 23.6. The average molecular weight is 473 g/mol. The van der Waals surface area contributed by atoms with Crippen molar-refractivity contribution in [2.24, 2.45) is 4.99 Å². The number of aliphatic imine (C=N–C) groups is 1. The molecule has 2 heterocycles. The van der Waals surface area contributed by atoms with Gasteiger partial charge in [0.15, 0.2) is 0 Å². The average Bonchev–Trinajstić information content (AvgIpc) is 3.26. The summed E-state index contributed by atoms with van der Waals surface area (Å²) in [5.74, 6) is -0.680. The molecule has 1 aliphatic rings. The number of aliphatic hydroxyl groups excluding tert-OH is 1. The number of benzene rings is 2. The van der Waals surface area contributed by atoms with Crippen molar-refractivity contribution in [3.05, 3.63) is 98.9 Å². The van der Waals surface area contributed by atoms with E-state index in [1.807, 2.05) is 36.4 Å². The van der Waals surface area contributed by atoms with Crippen molar-refractivity contribution in [3.63, 3.8) is 0 Å². The van der Waals surface area contributed by atoms with Crippen molar-refractivity contribution in [2.75, 3.05) is 6.61 Å². The molecule has 2 aromatic carbocycles. The first-order valence-corrected chi connectivity index (χ1v) is 12.0. The van der Waals surface area contributed by atoms with E-state index in [0.717, 1.165) is 22.6 Å². The summed E-state index contributed by atoms with van der Waals surface area (Å²) in [5.41, 5.74) is 7.51. The number of carbonyl (C=O) groups is 1. The molecule has 4 rings (SSSR count). The summed E-state index contributed by atoms with van der Waals surface area (Å²) in [6, 6.07) is 17.8. The lowest BCUT2D eigenvalue weighted by molar-refractivity contribution is -0.138. The third-order valence-corrected chi connectivity index (χ3v) is 6.95. The number of ether oxygens (including phenoxy) is 1. The van der Waals surface area contributed by atoms with Gasteiger partial charge in [-0.05, 0) is 81.7 Å². The lowest BCUT2D eigenvalue weighted by Gasteiger charge is -2.14. The van der Waals surface area contributed by atoms with Gasteiger partial charge in [0, 0.05) is 17.1 Å². The fraction of sp³-hybridized carbons (Fsp3) is 0.214. The number of hydrogen-bond donors (Lipinski definition) is 1. The minimum Gasteiger partial charge on any atom is -0.506 e. The van der Waals surface area contributed by atoms with Gasteiger partial charge in [-0.1, -0.05) is 42.1 Å². The van der Waals surface area contributed by atoms with Crippen LogP contribution in [-0.4, -0.2) is 27.3 Å². The Bertz CT molecular complexity index is 1350. The summed E-state index contributed by atoms with van der Waals surface area (Å²) in [6.45, 7) is 10.3. The Morgan fingerprint density at radius 3 is 2.53 bits per heavy atom. The Morgan fingerprint density at radius 2 is 1.82 bits per heavy atom. The minimum absolute atomic E-state index is 0.102. The second-order valence-corrected chi connectivity index (χ2v) is 9.22. The molecule has 0 bridgehead atoms. The number of esters is 1. The number of aliphatic hydroxyl groups is 1. The highest BCUT2D eigenvalue weighted by atomic mass is 32.2.